The number of halogens is 2. The maximum absolute atomic E-state index is 13.6. The van der Waals surface area contributed by atoms with Crippen LogP contribution in [0.15, 0.2) is 71.6 Å². The summed E-state index contributed by atoms with van der Waals surface area (Å²) in [5.41, 5.74) is 1.45. The Labute approximate surface area is 178 Å². The molecule has 9 heteroatoms. The van der Waals surface area contributed by atoms with E-state index >= 15 is 0 Å². The molecule has 0 aliphatic carbocycles. The van der Waals surface area contributed by atoms with E-state index in [4.69, 9.17) is 16.3 Å². The van der Waals surface area contributed by atoms with E-state index in [0.29, 0.717) is 5.69 Å². The van der Waals surface area contributed by atoms with E-state index in [2.05, 4.69) is 10.0 Å². The molecule has 0 saturated carbocycles. The predicted octanol–water partition coefficient (Wildman–Crippen LogP) is 4.61. The Morgan fingerprint density at radius 1 is 1.07 bits per heavy atom. The first-order chi connectivity index (χ1) is 14.2. The smallest absolute Gasteiger partial charge is 0.262 e. The summed E-state index contributed by atoms with van der Waals surface area (Å²) >= 11 is 6.12. The lowest BCUT2D eigenvalue weighted by molar-refractivity contribution is -0.118. The minimum atomic E-state index is -3.85. The Bertz CT molecular complexity index is 1170. The van der Waals surface area contributed by atoms with Gasteiger partial charge < -0.3 is 10.1 Å². The topological polar surface area (TPSA) is 84.5 Å². The summed E-state index contributed by atoms with van der Waals surface area (Å²) in [5, 5.41) is 2.39. The van der Waals surface area contributed by atoms with Crippen LogP contribution in [0.25, 0.3) is 0 Å². The number of nitrogens with one attached hydrogen (secondary N) is 2. The maximum atomic E-state index is 13.6. The van der Waals surface area contributed by atoms with E-state index in [1.54, 1.807) is 30.3 Å². The molecule has 0 atom stereocenters. The number of benzene rings is 3. The molecule has 3 aromatic rings. The number of aryl methyl sites for hydroxylation is 1. The van der Waals surface area contributed by atoms with Crippen molar-refractivity contribution in [2.75, 3.05) is 16.6 Å². The van der Waals surface area contributed by atoms with Crippen molar-refractivity contribution in [2.24, 2.45) is 0 Å². The molecule has 0 spiro atoms. The number of amides is 1. The lowest BCUT2D eigenvalue weighted by Crippen LogP contribution is -2.21. The molecule has 3 aromatic carbocycles. The van der Waals surface area contributed by atoms with Crippen molar-refractivity contribution in [3.05, 3.63) is 83.1 Å². The Kier molecular flexibility index (Phi) is 6.59. The highest BCUT2D eigenvalue weighted by Crippen LogP contribution is 2.28. The monoisotopic (exact) mass is 448 g/mol. The lowest BCUT2D eigenvalue weighted by atomic mass is 10.2. The number of carbonyl (C=O) groups is 1. The highest BCUT2D eigenvalue weighted by atomic mass is 35.5. The van der Waals surface area contributed by atoms with Gasteiger partial charge in [-0.1, -0.05) is 41.4 Å². The van der Waals surface area contributed by atoms with Gasteiger partial charge >= 0.3 is 0 Å². The second kappa shape index (κ2) is 9.15. The van der Waals surface area contributed by atoms with Crippen LogP contribution < -0.4 is 14.8 Å². The normalized spacial score (nSPS) is 11.0. The molecule has 0 heterocycles. The Morgan fingerprint density at radius 3 is 2.43 bits per heavy atom. The molecule has 0 saturated heterocycles. The molecule has 0 aliphatic heterocycles. The zero-order valence-corrected chi connectivity index (χ0v) is 17.4. The molecule has 0 aromatic heterocycles. The number of ether oxygens (including phenoxy) is 1. The molecule has 0 fully saturated rings. The number of rotatable bonds is 7. The SMILES string of the molecule is Cc1ccc(NS(=O)(=O)c2ccc(OCC(=O)Nc3ccccc3F)c(Cl)c2)cc1. The molecule has 1 amide bonds. The molecule has 3 rings (SSSR count). The molecular weight excluding hydrogens is 431 g/mol. The van der Waals surface area contributed by atoms with E-state index in [1.165, 1.54) is 36.4 Å². The summed E-state index contributed by atoms with van der Waals surface area (Å²) in [6.07, 6.45) is 0. The summed E-state index contributed by atoms with van der Waals surface area (Å²) in [6, 6.07) is 16.5. The van der Waals surface area contributed by atoms with Gasteiger partial charge in [0.2, 0.25) is 0 Å². The van der Waals surface area contributed by atoms with Crippen LogP contribution in [0.2, 0.25) is 5.02 Å². The third-order valence-electron chi connectivity index (χ3n) is 4.02. The Morgan fingerprint density at radius 2 is 1.77 bits per heavy atom. The van der Waals surface area contributed by atoms with E-state index < -0.39 is 28.4 Å². The average Bonchev–Trinajstić information content (AvgIpc) is 2.70. The zero-order valence-electron chi connectivity index (χ0n) is 15.9. The molecule has 30 heavy (non-hydrogen) atoms. The fraction of sp³-hybridized carbons (Fsp3) is 0.0952. The van der Waals surface area contributed by atoms with Crippen LogP contribution in [-0.2, 0) is 14.8 Å². The van der Waals surface area contributed by atoms with Crippen LogP contribution in [0.5, 0.6) is 5.75 Å². The van der Waals surface area contributed by atoms with Gasteiger partial charge in [-0.05, 0) is 49.4 Å². The van der Waals surface area contributed by atoms with Gasteiger partial charge in [0, 0.05) is 5.69 Å². The largest absolute Gasteiger partial charge is 0.482 e. The number of carbonyl (C=O) groups excluding carboxylic acids is 1. The fourth-order valence-corrected chi connectivity index (χ4v) is 3.88. The van der Waals surface area contributed by atoms with Gasteiger partial charge in [0.15, 0.2) is 6.61 Å². The van der Waals surface area contributed by atoms with Gasteiger partial charge in [0.05, 0.1) is 15.6 Å². The number of sulfonamides is 1. The van der Waals surface area contributed by atoms with E-state index in [0.717, 1.165) is 5.56 Å². The summed E-state index contributed by atoms with van der Waals surface area (Å²) in [5.74, 6) is -1.04. The molecule has 6 nitrogen and oxygen atoms in total. The highest BCUT2D eigenvalue weighted by Gasteiger charge is 2.17. The van der Waals surface area contributed by atoms with Crippen LogP contribution in [-0.4, -0.2) is 20.9 Å². The van der Waals surface area contributed by atoms with Crippen molar-refractivity contribution < 1.29 is 22.3 Å². The van der Waals surface area contributed by atoms with Crippen LogP contribution in [0.3, 0.4) is 0 Å². The quantitative estimate of drug-likeness (QED) is 0.553. The van der Waals surface area contributed by atoms with Gasteiger partial charge in [-0.25, -0.2) is 12.8 Å². The molecular formula is C21H18ClFN2O4S. The molecule has 2 N–H and O–H groups in total. The van der Waals surface area contributed by atoms with Gasteiger partial charge in [0.1, 0.15) is 11.6 Å². The number of hydrogen-bond donors (Lipinski definition) is 2. The van der Waals surface area contributed by atoms with Crippen molar-refractivity contribution in [2.45, 2.75) is 11.8 Å². The number of anilines is 2. The first-order valence-electron chi connectivity index (χ1n) is 8.81. The van der Waals surface area contributed by atoms with Gasteiger partial charge in [0.25, 0.3) is 15.9 Å². The van der Waals surface area contributed by atoms with Crippen LogP contribution in [0.4, 0.5) is 15.8 Å². The van der Waals surface area contributed by atoms with Crippen molar-refractivity contribution in [3.63, 3.8) is 0 Å². The standard InChI is InChI=1S/C21H18ClFN2O4S/c1-14-6-8-15(9-7-14)25-30(27,28)16-10-11-20(17(22)12-16)29-13-21(26)24-19-5-3-2-4-18(19)23/h2-12,25H,13H2,1H3,(H,24,26). The lowest BCUT2D eigenvalue weighted by Gasteiger charge is -2.12. The molecule has 0 bridgehead atoms. The third kappa shape index (κ3) is 5.49. The van der Waals surface area contributed by atoms with Crippen molar-refractivity contribution >= 4 is 38.9 Å². The number of para-hydroxylation sites is 1. The van der Waals surface area contributed by atoms with Crippen molar-refractivity contribution in [3.8, 4) is 5.75 Å². The average molecular weight is 449 g/mol. The summed E-state index contributed by atoms with van der Waals surface area (Å²) in [7, 11) is -3.85. The van der Waals surface area contributed by atoms with E-state index in [9.17, 15) is 17.6 Å². The molecule has 156 valence electrons. The summed E-state index contributed by atoms with van der Waals surface area (Å²) < 4.78 is 46.4. The summed E-state index contributed by atoms with van der Waals surface area (Å²) in [6.45, 7) is 1.47. The number of hydrogen-bond acceptors (Lipinski definition) is 4. The second-order valence-electron chi connectivity index (χ2n) is 6.38. The molecule has 0 unspecified atom stereocenters. The first kappa shape index (κ1) is 21.6. The minimum absolute atomic E-state index is 0.0143. The first-order valence-corrected chi connectivity index (χ1v) is 10.7. The van der Waals surface area contributed by atoms with Crippen LogP contribution in [0, 0.1) is 12.7 Å². The molecule has 0 radical (unpaired) electrons. The second-order valence-corrected chi connectivity index (χ2v) is 8.47. The Balaban J connectivity index is 1.65. The maximum Gasteiger partial charge on any atom is 0.262 e. The van der Waals surface area contributed by atoms with Gasteiger partial charge in [-0.2, -0.15) is 0 Å². The minimum Gasteiger partial charge on any atom is -0.482 e. The van der Waals surface area contributed by atoms with Gasteiger partial charge in [-0.3, -0.25) is 9.52 Å². The fourth-order valence-electron chi connectivity index (χ4n) is 2.49. The summed E-state index contributed by atoms with van der Waals surface area (Å²) in [4.78, 5) is 11.9. The van der Waals surface area contributed by atoms with Crippen molar-refractivity contribution in [1.29, 1.82) is 0 Å². The Hall–Kier alpha value is -3.10. The third-order valence-corrected chi connectivity index (χ3v) is 5.70. The zero-order chi connectivity index (χ0) is 21.7. The van der Waals surface area contributed by atoms with Crippen LogP contribution >= 0.6 is 11.6 Å². The highest BCUT2D eigenvalue weighted by molar-refractivity contribution is 7.92. The predicted molar refractivity (Wildman–Crippen MR) is 114 cm³/mol. The molecule has 0 aliphatic rings. The van der Waals surface area contributed by atoms with Crippen LogP contribution in [0.1, 0.15) is 5.56 Å². The van der Waals surface area contributed by atoms with E-state index in [-0.39, 0.29) is 21.4 Å². The van der Waals surface area contributed by atoms with Gasteiger partial charge in [-0.15, -0.1) is 0 Å². The van der Waals surface area contributed by atoms with E-state index in [1.807, 2.05) is 6.92 Å². The van der Waals surface area contributed by atoms with Crippen molar-refractivity contribution in [1.82, 2.24) is 0 Å².